The Morgan fingerprint density at radius 2 is 1.37 bits per heavy atom. The summed E-state index contributed by atoms with van der Waals surface area (Å²) in [5.74, 6) is -0.917. The van der Waals surface area contributed by atoms with Crippen molar-refractivity contribution in [3.63, 3.8) is 0 Å². The normalized spacial score (nSPS) is 12.3. The second-order valence-corrected chi connectivity index (χ2v) is 10.0. The second kappa shape index (κ2) is 17.5. The largest absolute Gasteiger partial charge is 0.494 e. The molecule has 3 rings (SSSR count). The van der Waals surface area contributed by atoms with Gasteiger partial charge in [-0.1, -0.05) is 68.1 Å². The summed E-state index contributed by atoms with van der Waals surface area (Å²) in [5, 5.41) is 9.72. The fourth-order valence-electron chi connectivity index (χ4n) is 3.98. The van der Waals surface area contributed by atoms with E-state index in [1.54, 1.807) is 25.1 Å². The van der Waals surface area contributed by atoms with Crippen LogP contribution in [0.4, 0.5) is 0 Å². The molecule has 0 radical (unpaired) electrons. The summed E-state index contributed by atoms with van der Waals surface area (Å²) in [7, 11) is 0. The monoisotopic (exact) mass is 584 g/mol. The topological polar surface area (TPSA) is 91.3 Å². The molecule has 0 aliphatic rings. The van der Waals surface area contributed by atoms with E-state index >= 15 is 0 Å². The molecule has 7 heteroatoms. The van der Waals surface area contributed by atoms with Crippen LogP contribution in [0.5, 0.6) is 11.5 Å². The molecule has 7 nitrogen and oxygen atoms in total. The van der Waals surface area contributed by atoms with Crippen molar-refractivity contribution in [2.75, 3.05) is 19.8 Å². The van der Waals surface area contributed by atoms with Crippen LogP contribution in [-0.4, -0.2) is 42.7 Å². The third-order valence-corrected chi connectivity index (χ3v) is 6.53. The maximum Gasteiger partial charge on any atom is 0.336 e. The van der Waals surface area contributed by atoms with E-state index in [9.17, 15) is 14.7 Å². The number of unbranched alkanes of at least 4 members (excludes halogenated alkanes) is 3. The summed E-state index contributed by atoms with van der Waals surface area (Å²) in [6.07, 6.45) is 10.1. The van der Waals surface area contributed by atoms with Crippen LogP contribution >= 0.6 is 0 Å². The van der Waals surface area contributed by atoms with Gasteiger partial charge in [-0.3, -0.25) is 0 Å². The van der Waals surface area contributed by atoms with Gasteiger partial charge in [0.05, 0.1) is 19.8 Å². The first-order chi connectivity index (χ1) is 20.8. The molecule has 0 fully saturated rings. The zero-order valence-electron chi connectivity index (χ0n) is 24.7. The lowest BCUT2D eigenvalue weighted by Crippen LogP contribution is -2.25. The third kappa shape index (κ3) is 12.5. The molecule has 0 amide bonds. The van der Waals surface area contributed by atoms with Crippen LogP contribution in [0.3, 0.4) is 0 Å². The van der Waals surface area contributed by atoms with Crippen molar-refractivity contribution in [2.24, 2.45) is 0 Å². The van der Waals surface area contributed by atoms with E-state index in [-0.39, 0.29) is 6.61 Å². The van der Waals surface area contributed by atoms with Crippen LogP contribution in [0, 0.1) is 0 Å². The SMILES string of the molecule is C=CC(=O)OCCc1ccc(OC(=O)/C=C/c2ccc(-c3ccc(OCCCCCCOC(C)(O)C=C)cc3)cc2)cc1. The molecule has 3 aromatic rings. The van der Waals surface area contributed by atoms with E-state index in [1.807, 2.05) is 60.7 Å². The number of carbonyl (C=O) groups is 2. The van der Waals surface area contributed by atoms with Gasteiger partial charge in [-0.15, -0.1) is 0 Å². The van der Waals surface area contributed by atoms with Gasteiger partial charge in [0, 0.05) is 18.6 Å². The van der Waals surface area contributed by atoms with Gasteiger partial charge in [-0.05, 0) is 84.9 Å². The average molecular weight is 585 g/mol. The van der Waals surface area contributed by atoms with Crippen molar-refractivity contribution in [1.82, 2.24) is 0 Å². The van der Waals surface area contributed by atoms with Crippen LogP contribution in [-0.2, 0) is 25.5 Å². The molecule has 0 spiro atoms. The van der Waals surface area contributed by atoms with Crippen molar-refractivity contribution in [3.05, 3.63) is 115 Å². The van der Waals surface area contributed by atoms with Gasteiger partial charge in [0.2, 0.25) is 0 Å². The van der Waals surface area contributed by atoms with Crippen LogP contribution in [0.25, 0.3) is 17.2 Å². The molecular formula is C36H40O7. The summed E-state index contributed by atoms with van der Waals surface area (Å²) in [6, 6.07) is 22.9. The molecule has 1 atom stereocenters. The molecule has 0 saturated carbocycles. The van der Waals surface area contributed by atoms with Crippen LogP contribution < -0.4 is 9.47 Å². The van der Waals surface area contributed by atoms with Crippen molar-refractivity contribution < 1.29 is 33.6 Å². The smallest absolute Gasteiger partial charge is 0.336 e. The van der Waals surface area contributed by atoms with Crippen LogP contribution in [0.15, 0.2) is 104 Å². The second-order valence-electron chi connectivity index (χ2n) is 10.0. The van der Waals surface area contributed by atoms with Gasteiger partial charge >= 0.3 is 11.9 Å². The minimum Gasteiger partial charge on any atom is -0.494 e. The number of benzene rings is 3. The van der Waals surface area contributed by atoms with Gasteiger partial charge < -0.3 is 24.1 Å². The maximum atomic E-state index is 12.3. The highest BCUT2D eigenvalue weighted by Gasteiger charge is 2.14. The van der Waals surface area contributed by atoms with E-state index in [0.717, 1.165) is 59.8 Å². The lowest BCUT2D eigenvalue weighted by atomic mass is 10.0. The molecule has 226 valence electrons. The Morgan fingerprint density at radius 1 is 0.767 bits per heavy atom. The summed E-state index contributed by atoms with van der Waals surface area (Å²) in [6.45, 7) is 9.89. The number of esters is 2. The predicted molar refractivity (Wildman–Crippen MR) is 169 cm³/mol. The van der Waals surface area contributed by atoms with E-state index in [4.69, 9.17) is 18.9 Å². The molecule has 3 aromatic carbocycles. The molecule has 1 unspecified atom stereocenters. The van der Waals surface area contributed by atoms with Gasteiger partial charge in [-0.25, -0.2) is 9.59 Å². The van der Waals surface area contributed by atoms with Crippen molar-refractivity contribution in [3.8, 4) is 22.6 Å². The number of hydrogen-bond donors (Lipinski definition) is 1. The van der Waals surface area contributed by atoms with Crippen molar-refractivity contribution in [1.29, 1.82) is 0 Å². The molecule has 1 N–H and O–H groups in total. The Bertz CT molecular complexity index is 1340. The summed E-state index contributed by atoms with van der Waals surface area (Å²) < 4.78 is 21.6. The fraction of sp³-hybridized carbons (Fsp3) is 0.278. The maximum absolute atomic E-state index is 12.3. The summed E-state index contributed by atoms with van der Waals surface area (Å²) in [4.78, 5) is 23.4. The molecule has 0 heterocycles. The van der Waals surface area contributed by atoms with E-state index in [0.29, 0.717) is 25.4 Å². The minimum absolute atomic E-state index is 0.258. The van der Waals surface area contributed by atoms with E-state index in [1.165, 1.54) is 12.2 Å². The first kappa shape index (κ1) is 33.0. The standard InChI is InChI=1S/C36H40O7/c1-4-34(37)41-27-24-29-12-19-33(20-13-29)43-35(38)23-14-28-10-15-30(16-11-28)31-17-21-32(22-18-31)40-25-8-6-7-9-26-42-36(3,39)5-2/h4-5,10-23,39H,1-2,6-9,24-27H2,3H3/b23-14+. The highest BCUT2D eigenvalue weighted by Crippen LogP contribution is 2.23. The number of aliphatic hydroxyl groups is 1. The van der Waals surface area contributed by atoms with Crippen molar-refractivity contribution >= 4 is 18.0 Å². The molecule has 43 heavy (non-hydrogen) atoms. The number of hydrogen-bond acceptors (Lipinski definition) is 7. The Balaban J connectivity index is 1.37. The lowest BCUT2D eigenvalue weighted by Gasteiger charge is -2.18. The predicted octanol–water partition coefficient (Wildman–Crippen LogP) is 7.09. The molecule has 0 aliphatic heterocycles. The molecular weight excluding hydrogens is 544 g/mol. The quantitative estimate of drug-likeness (QED) is 0.0426. The Morgan fingerprint density at radius 3 is 2.00 bits per heavy atom. The van der Waals surface area contributed by atoms with Crippen molar-refractivity contribution in [2.45, 2.75) is 44.8 Å². The molecule has 0 aliphatic carbocycles. The zero-order chi connectivity index (χ0) is 30.9. The summed E-state index contributed by atoms with van der Waals surface area (Å²) >= 11 is 0. The van der Waals surface area contributed by atoms with Gasteiger partial charge in [0.15, 0.2) is 5.79 Å². The number of rotatable bonds is 18. The lowest BCUT2D eigenvalue weighted by molar-refractivity contribution is -0.153. The highest BCUT2D eigenvalue weighted by atomic mass is 16.6. The van der Waals surface area contributed by atoms with Crippen LogP contribution in [0.1, 0.15) is 43.7 Å². The first-order valence-corrected chi connectivity index (χ1v) is 14.4. The number of ether oxygens (including phenoxy) is 4. The fourth-order valence-corrected chi connectivity index (χ4v) is 3.98. The first-order valence-electron chi connectivity index (χ1n) is 14.4. The van der Waals surface area contributed by atoms with Crippen LogP contribution in [0.2, 0.25) is 0 Å². The van der Waals surface area contributed by atoms with Gasteiger partial charge in [0.1, 0.15) is 11.5 Å². The van der Waals surface area contributed by atoms with E-state index in [2.05, 4.69) is 13.2 Å². The minimum atomic E-state index is -1.26. The highest BCUT2D eigenvalue weighted by molar-refractivity contribution is 5.88. The third-order valence-electron chi connectivity index (χ3n) is 6.53. The van der Waals surface area contributed by atoms with Gasteiger partial charge in [-0.2, -0.15) is 0 Å². The Kier molecular flexibility index (Phi) is 13.4. The number of carbonyl (C=O) groups excluding carboxylic acids is 2. The molecule has 0 aromatic heterocycles. The molecule has 0 bridgehead atoms. The Labute approximate surface area is 254 Å². The zero-order valence-corrected chi connectivity index (χ0v) is 24.7. The average Bonchev–Trinajstić information content (AvgIpc) is 3.02. The van der Waals surface area contributed by atoms with E-state index < -0.39 is 17.7 Å². The molecule has 0 saturated heterocycles. The Hall–Kier alpha value is -4.46. The summed E-state index contributed by atoms with van der Waals surface area (Å²) in [5.41, 5.74) is 3.96. The van der Waals surface area contributed by atoms with Gasteiger partial charge in [0.25, 0.3) is 0 Å².